The van der Waals surface area contributed by atoms with Gasteiger partial charge in [-0.15, -0.1) is 0 Å². The molecular weight excluding hydrogens is 320 g/mol. The molecule has 2 heterocycles. The van der Waals surface area contributed by atoms with E-state index in [4.69, 9.17) is 9.84 Å². The Morgan fingerprint density at radius 2 is 1.77 bits per heavy atom. The topological polar surface area (TPSA) is 24.8 Å². The zero-order chi connectivity index (χ0) is 17.6. The van der Waals surface area contributed by atoms with Gasteiger partial charge in [-0.2, -0.15) is 5.10 Å². The molecule has 0 unspecified atom stereocenters. The smallest absolute Gasteiger partial charge is 0.198 e. The molecule has 0 radical (unpaired) electrons. The lowest BCUT2D eigenvalue weighted by molar-refractivity contribution is -0.146. The van der Waals surface area contributed by atoms with Crippen molar-refractivity contribution in [1.29, 1.82) is 0 Å². The van der Waals surface area contributed by atoms with E-state index in [1.165, 1.54) is 36.1 Å². The molecule has 1 fully saturated rings. The van der Waals surface area contributed by atoms with Crippen molar-refractivity contribution >= 4 is 5.71 Å². The summed E-state index contributed by atoms with van der Waals surface area (Å²) in [7, 11) is 0. The largest absolute Gasteiger partial charge is 0.466 e. The van der Waals surface area contributed by atoms with Crippen LogP contribution in [0.1, 0.15) is 62.6 Å². The first-order chi connectivity index (χ1) is 12.8. The second-order valence-electron chi connectivity index (χ2n) is 7.91. The van der Waals surface area contributed by atoms with Crippen LogP contribution in [-0.2, 0) is 0 Å². The third kappa shape index (κ3) is 2.45. The summed E-state index contributed by atoms with van der Waals surface area (Å²) in [5, 5.41) is 7.45. The maximum Gasteiger partial charge on any atom is 0.198 e. The Labute approximate surface area is 155 Å². The molecule has 0 aromatic heterocycles. The monoisotopic (exact) mass is 346 g/mol. The molecule has 1 saturated carbocycles. The lowest BCUT2D eigenvalue weighted by Gasteiger charge is -2.50. The molecule has 134 valence electrons. The lowest BCUT2D eigenvalue weighted by atomic mass is 9.80. The molecule has 1 aliphatic carbocycles. The Balaban J connectivity index is 1.55. The third-order valence-corrected chi connectivity index (χ3v) is 6.48. The highest BCUT2D eigenvalue weighted by atomic mass is 16.5. The fourth-order valence-corrected chi connectivity index (χ4v) is 4.90. The van der Waals surface area contributed by atoms with Crippen LogP contribution in [0.5, 0.6) is 5.75 Å². The number of nitrogens with zero attached hydrogens (tertiary/aromatic N) is 2. The van der Waals surface area contributed by atoms with E-state index in [1.54, 1.807) is 0 Å². The number of hydrogen-bond acceptors (Lipinski definition) is 3. The quantitative estimate of drug-likeness (QED) is 0.714. The Kier molecular flexibility index (Phi) is 3.77. The van der Waals surface area contributed by atoms with Gasteiger partial charge in [0.15, 0.2) is 5.72 Å². The summed E-state index contributed by atoms with van der Waals surface area (Å²) in [6.45, 7) is 2.31. The molecule has 1 atom stereocenters. The van der Waals surface area contributed by atoms with Crippen molar-refractivity contribution in [2.24, 2.45) is 11.0 Å². The second-order valence-corrected chi connectivity index (χ2v) is 7.91. The number of benzene rings is 2. The normalized spacial score (nSPS) is 29.7. The van der Waals surface area contributed by atoms with E-state index in [-0.39, 0.29) is 5.72 Å². The van der Waals surface area contributed by atoms with Crippen molar-refractivity contribution in [2.45, 2.75) is 57.2 Å². The summed E-state index contributed by atoms with van der Waals surface area (Å²) in [6, 6.07) is 19.5. The van der Waals surface area contributed by atoms with Crippen LogP contribution in [0.15, 0.2) is 59.7 Å². The number of rotatable bonds is 2. The van der Waals surface area contributed by atoms with E-state index in [2.05, 4.69) is 66.5 Å². The van der Waals surface area contributed by atoms with Gasteiger partial charge in [0.25, 0.3) is 0 Å². The maximum atomic E-state index is 6.67. The van der Waals surface area contributed by atoms with Gasteiger partial charge in [-0.1, -0.05) is 61.9 Å². The van der Waals surface area contributed by atoms with Gasteiger partial charge in [-0.25, -0.2) is 5.01 Å². The minimum absolute atomic E-state index is 0.263. The number of hydrogen-bond donors (Lipinski definition) is 0. The van der Waals surface area contributed by atoms with Gasteiger partial charge < -0.3 is 4.74 Å². The van der Waals surface area contributed by atoms with Crippen LogP contribution in [0.4, 0.5) is 0 Å². The molecule has 0 N–H and O–H groups in total. The van der Waals surface area contributed by atoms with Crippen LogP contribution in [0, 0.1) is 5.92 Å². The van der Waals surface area contributed by atoms with E-state index in [1.807, 2.05) is 0 Å². The second kappa shape index (κ2) is 6.15. The van der Waals surface area contributed by atoms with Gasteiger partial charge in [0, 0.05) is 24.8 Å². The van der Waals surface area contributed by atoms with Crippen LogP contribution < -0.4 is 4.74 Å². The van der Waals surface area contributed by atoms with Gasteiger partial charge in [-0.05, 0) is 30.4 Å². The highest BCUT2D eigenvalue weighted by Crippen LogP contribution is 2.52. The number of ether oxygens (including phenoxy) is 1. The summed E-state index contributed by atoms with van der Waals surface area (Å²) in [5.74, 6) is 1.90. The standard InChI is InChI=1S/C23H26N2O/c1-2-17-12-14-23(15-13-17)25-21(19-10-6-7-11-22(19)26-23)16-20(24-25)18-8-4-3-5-9-18/h3-11,17,21H,2,12-16H2,1H3/t17?,21-,23?/m0/s1. The average Bonchev–Trinajstić information content (AvgIpc) is 3.16. The summed E-state index contributed by atoms with van der Waals surface area (Å²) < 4.78 is 6.67. The molecule has 3 aliphatic rings. The molecule has 3 heteroatoms. The molecule has 2 aliphatic heterocycles. The zero-order valence-corrected chi connectivity index (χ0v) is 15.4. The molecule has 0 saturated heterocycles. The van der Waals surface area contributed by atoms with E-state index >= 15 is 0 Å². The fourth-order valence-electron chi connectivity index (χ4n) is 4.90. The van der Waals surface area contributed by atoms with Crippen molar-refractivity contribution in [3.8, 4) is 5.75 Å². The lowest BCUT2D eigenvalue weighted by Crippen LogP contribution is -2.55. The van der Waals surface area contributed by atoms with Gasteiger partial charge in [-0.3, -0.25) is 0 Å². The van der Waals surface area contributed by atoms with Crippen molar-refractivity contribution in [1.82, 2.24) is 5.01 Å². The van der Waals surface area contributed by atoms with E-state index in [0.29, 0.717) is 6.04 Å². The summed E-state index contributed by atoms with van der Waals surface area (Å²) in [6.07, 6.45) is 6.85. The molecule has 2 aromatic rings. The van der Waals surface area contributed by atoms with Crippen molar-refractivity contribution in [3.05, 3.63) is 65.7 Å². The Hall–Kier alpha value is -2.29. The molecular formula is C23H26N2O. The Bertz CT molecular complexity index is 821. The molecule has 1 spiro atoms. The highest BCUT2D eigenvalue weighted by Gasteiger charge is 2.51. The summed E-state index contributed by atoms with van der Waals surface area (Å²) in [5.41, 5.74) is 3.44. The van der Waals surface area contributed by atoms with Crippen LogP contribution in [0.25, 0.3) is 0 Å². The van der Waals surface area contributed by atoms with E-state index in [9.17, 15) is 0 Å². The van der Waals surface area contributed by atoms with Crippen LogP contribution in [0.2, 0.25) is 0 Å². The number of hydrazone groups is 1. The highest BCUT2D eigenvalue weighted by molar-refractivity contribution is 6.01. The van der Waals surface area contributed by atoms with E-state index < -0.39 is 0 Å². The molecule has 2 aromatic carbocycles. The first-order valence-electron chi connectivity index (χ1n) is 9.99. The predicted molar refractivity (Wildman–Crippen MR) is 104 cm³/mol. The number of para-hydroxylation sites is 1. The van der Waals surface area contributed by atoms with Crippen molar-refractivity contribution in [3.63, 3.8) is 0 Å². The summed E-state index contributed by atoms with van der Waals surface area (Å²) in [4.78, 5) is 0. The van der Waals surface area contributed by atoms with Crippen molar-refractivity contribution in [2.75, 3.05) is 0 Å². The molecule has 26 heavy (non-hydrogen) atoms. The first kappa shape index (κ1) is 15.9. The minimum Gasteiger partial charge on any atom is -0.466 e. The van der Waals surface area contributed by atoms with Gasteiger partial charge in [0.05, 0.1) is 11.8 Å². The SMILES string of the molecule is CCC1CCC2(CC1)Oc1ccccc1[C@@H]1CC(c3ccccc3)=NN12. The maximum absolute atomic E-state index is 6.67. The molecule has 0 amide bonds. The summed E-state index contributed by atoms with van der Waals surface area (Å²) >= 11 is 0. The third-order valence-electron chi connectivity index (χ3n) is 6.48. The van der Waals surface area contributed by atoms with E-state index in [0.717, 1.165) is 30.9 Å². The Morgan fingerprint density at radius 3 is 2.54 bits per heavy atom. The molecule has 0 bridgehead atoms. The van der Waals surface area contributed by atoms with Gasteiger partial charge >= 0.3 is 0 Å². The molecule has 5 rings (SSSR count). The number of fused-ring (bicyclic) bond motifs is 4. The van der Waals surface area contributed by atoms with Crippen molar-refractivity contribution < 1.29 is 4.74 Å². The average molecular weight is 346 g/mol. The predicted octanol–water partition coefficient (Wildman–Crippen LogP) is 5.53. The Morgan fingerprint density at radius 1 is 1.04 bits per heavy atom. The zero-order valence-electron chi connectivity index (χ0n) is 15.4. The fraction of sp³-hybridized carbons (Fsp3) is 0.435. The van der Waals surface area contributed by atoms with Gasteiger partial charge in [0.1, 0.15) is 5.75 Å². The minimum atomic E-state index is -0.263. The van der Waals surface area contributed by atoms with Gasteiger partial charge in [0.2, 0.25) is 0 Å². The van der Waals surface area contributed by atoms with Crippen LogP contribution >= 0.6 is 0 Å². The van der Waals surface area contributed by atoms with Crippen LogP contribution in [-0.4, -0.2) is 16.4 Å². The first-order valence-corrected chi connectivity index (χ1v) is 9.99. The van der Waals surface area contributed by atoms with Crippen LogP contribution in [0.3, 0.4) is 0 Å². The molecule has 3 nitrogen and oxygen atoms in total.